The highest BCUT2D eigenvalue weighted by atomic mass is 35.5. The minimum Gasteiger partial charge on any atom is -0.496 e. The van der Waals surface area contributed by atoms with Crippen molar-refractivity contribution in [2.75, 3.05) is 19.5 Å². The molecule has 126 valence electrons. The third kappa shape index (κ3) is 4.12. The van der Waals surface area contributed by atoms with Crippen LogP contribution < -0.4 is 10.5 Å². The number of ketones is 1. The van der Waals surface area contributed by atoms with Gasteiger partial charge < -0.3 is 15.2 Å². The number of halogens is 3. The molecule has 2 rings (SSSR count). The molecule has 0 amide bonds. The third-order valence-corrected chi connectivity index (χ3v) is 3.98. The zero-order valence-corrected chi connectivity index (χ0v) is 14.7. The zero-order valence-electron chi connectivity index (χ0n) is 12.4. The molecule has 2 aromatic carbocycles. The van der Waals surface area contributed by atoms with E-state index in [2.05, 4.69) is 0 Å². The fraction of sp³-hybridized carbons (Fsp3) is 0.125. The van der Waals surface area contributed by atoms with E-state index in [1.54, 1.807) is 0 Å². The molecule has 0 aliphatic carbocycles. The molecule has 0 saturated heterocycles. The van der Waals surface area contributed by atoms with E-state index in [4.69, 9.17) is 50.0 Å². The molecule has 0 aliphatic heterocycles. The van der Waals surface area contributed by atoms with Crippen molar-refractivity contribution in [1.82, 2.24) is 0 Å². The molecule has 0 saturated carbocycles. The Labute approximate surface area is 153 Å². The number of nitrogen functional groups attached to an aromatic ring is 1. The number of ether oxygens (including phenoxy) is 2. The van der Waals surface area contributed by atoms with Crippen LogP contribution >= 0.6 is 34.8 Å². The van der Waals surface area contributed by atoms with Crippen molar-refractivity contribution in [1.29, 1.82) is 0 Å². The molecule has 0 fully saturated rings. The standard InChI is InChI=1S/C16H12Cl3NO4/c1-23-15-6-13(20)12(19)5-10(15)16(22)24-7-14(21)9-3-2-8(17)4-11(9)18/h2-6H,7,20H2,1H3. The summed E-state index contributed by atoms with van der Waals surface area (Å²) in [6.07, 6.45) is 0. The van der Waals surface area contributed by atoms with Crippen molar-refractivity contribution in [3.63, 3.8) is 0 Å². The molecule has 0 aromatic heterocycles. The summed E-state index contributed by atoms with van der Waals surface area (Å²) in [7, 11) is 1.37. The van der Waals surface area contributed by atoms with Gasteiger partial charge in [0.05, 0.1) is 22.8 Å². The second-order valence-electron chi connectivity index (χ2n) is 4.70. The molecule has 0 bridgehead atoms. The lowest BCUT2D eigenvalue weighted by molar-refractivity contribution is 0.0471. The van der Waals surface area contributed by atoms with E-state index in [0.717, 1.165) is 0 Å². The molecular weight excluding hydrogens is 377 g/mol. The average molecular weight is 389 g/mol. The van der Waals surface area contributed by atoms with Gasteiger partial charge in [-0.25, -0.2) is 4.79 Å². The van der Waals surface area contributed by atoms with Gasteiger partial charge >= 0.3 is 5.97 Å². The minimum atomic E-state index is -0.771. The maximum Gasteiger partial charge on any atom is 0.342 e. The lowest BCUT2D eigenvalue weighted by Crippen LogP contribution is -2.15. The van der Waals surface area contributed by atoms with Crippen LogP contribution in [0.1, 0.15) is 20.7 Å². The number of hydrogen-bond acceptors (Lipinski definition) is 5. The number of rotatable bonds is 5. The number of benzene rings is 2. The Morgan fingerprint density at radius 1 is 1.04 bits per heavy atom. The average Bonchev–Trinajstić information content (AvgIpc) is 2.54. The van der Waals surface area contributed by atoms with Crippen molar-refractivity contribution in [3.8, 4) is 5.75 Å². The minimum absolute atomic E-state index is 0.0618. The van der Waals surface area contributed by atoms with E-state index in [1.165, 1.54) is 37.4 Å². The quantitative estimate of drug-likeness (QED) is 0.470. The molecule has 0 heterocycles. The van der Waals surface area contributed by atoms with Gasteiger partial charge in [0.2, 0.25) is 5.78 Å². The normalized spacial score (nSPS) is 10.3. The highest BCUT2D eigenvalue weighted by molar-refractivity contribution is 6.37. The van der Waals surface area contributed by atoms with Gasteiger partial charge in [-0.3, -0.25) is 4.79 Å². The third-order valence-electron chi connectivity index (χ3n) is 3.10. The zero-order chi connectivity index (χ0) is 17.9. The molecule has 0 aliphatic rings. The van der Waals surface area contributed by atoms with Crippen LogP contribution in [0.4, 0.5) is 5.69 Å². The smallest absolute Gasteiger partial charge is 0.342 e. The van der Waals surface area contributed by atoms with E-state index in [0.29, 0.717) is 5.02 Å². The topological polar surface area (TPSA) is 78.6 Å². The van der Waals surface area contributed by atoms with Gasteiger partial charge in [-0.1, -0.05) is 34.8 Å². The second kappa shape index (κ2) is 7.75. The predicted octanol–water partition coefficient (Wildman–Crippen LogP) is 4.28. The molecule has 5 nitrogen and oxygen atoms in total. The fourth-order valence-electron chi connectivity index (χ4n) is 1.90. The van der Waals surface area contributed by atoms with Crippen LogP contribution in [-0.2, 0) is 4.74 Å². The lowest BCUT2D eigenvalue weighted by Gasteiger charge is -2.11. The highest BCUT2D eigenvalue weighted by Crippen LogP contribution is 2.29. The summed E-state index contributed by atoms with van der Waals surface area (Å²) < 4.78 is 10.1. The van der Waals surface area contributed by atoms with Gasteiger partial charge in [-0.2, -0.15) is 0 Å². The van der Waals surface area contributed by atoms with Crippen LogP contribution in [0.15, 0.2) is 30.3 Å². The van der Waals surface area contributed by atoms with Gasteiger partial charge in [-0.05, 0) is 24.3 Å². The molecule has 2 N–H and O–H groups in total. The van der Waals surface area contributed by atoms with Crippen molar-refractivity contribution < 1.29 is 19.1 Å². The first-order valence-electron chi connectivity index (χ1n) is 6.62. The molecule has 2 aromatic rings. The van der Waals surface area contributed by atoms with Crippen molar-refractivity contribution in [2.24, 2.45) is 0 Å². The molecule has 24 heavy (non-hydrogen) atoms. The van der Waals surface area contributed by atoms with Crippen LogP contribution in [-0.4, -0.2) is 25.5 Å². The molecule has 0 radical (unpaired) electrons. The summed E-state index contributed by atoms with van der Waals surface area (Å²) in [4.78, 5) is 24.3. The number of esters is 1. The number of methoxy groups -OCH3 is 1. The first-order chi connectivity index (χ1) is 11.3. The number of carbonyl (C=O) groups excluding carboxylic acids is 2. The lowest BCUT2D eigenvalue weighted by atomic mass is 10.1. The maximum atomic E-state index is 12.2. The van der Waals surface area contributed by atoms with E-state index in [1.807, 2.05) is 0 Å². The van der Waals surface area contributed by atoms with Crippen LogP contribution in [0.5, 0.6) is 5.75 Å². The summed E-state index contributed by atoms with van der Waals surface area (Å²) in [6, 6.07) is 7.13. The monoisotopic (exact) mass is 387 g/mol. The van der Waals surface area contributed by atoms with Crippen LogP contribution in [0.25, 0.3) is 0 Å². The molecule has 8 heteroatoms. The fourth-order valence-corrected chi connectivity index (χ4v) is 2.58. The Morgan fingerprint density at radius 3 is 2.38 bits per heavy atom. The Kier molecular flexibility index (Phi) is 5.94. The summed E-state index contributed by atoms with van der Waals surface area (Å²) in [6.45, 7) is -0.495. The summed E-state index contributed by atoms with van der Waals surface area (Å²) in [5.41, 5.74) is 6.17. The number of anilines is 1. The summed E-state index contributed by atoms with van der Waals surface area (Å²) >= 11 is 17.6. The molecular formula is C16H12Cl3NO4. The van der Waals surface area contributed by atoms with Crippen molar-refractivity contribution in [2.45, 2.75) is 0 Å². The number of Topliss-reactive ketones (excluding diaryl/α,β-unsaturated/α-hetero) is 1. The van der Waals surface area contributed by atoms with Crippen LogP contribution in [0, 0.1) is 0 Å². The van der Waals surface area contributed by atoms with Gasteiger partial charge in [0.25, 0.3) is 0 Å². The Balaban J connectivity index is 2.13. The van der Waals surface area contributed by atoms with E-state index < -0.39 is 18.4 Å². The molecule has 0 atom stereocenters. The van der Waals surface area contributed by atoms with Gasteiger partial charge in [0, 0.05) is 16.7 Å². The van der Waals surface area contributed by atoms with Crippen LogP contribution in [0.3, 0.4) is 0 Å². The molecule has 0 unspecified atom stereocenters. The number of hydrogen-bond donors (Lipinski definition) is 1. The van der Waals surface area contributed by atoms with Crippen molar-refractivity contribution in [3.05, 3.63) is 56.5 Å². The van der Waals surface area contributed by atoms with Gasteiger partial charge in [-0.15, -0.1) is 0 Å². The molecule has 0 spiro atoms. The SMILES string of the molecule is COc1cc(N)c(Cl)cc1C(=O)OCC(=O)c1ccc(Cl)cc1Cl. The first-order valence-corrected chi connectivity index (χ1v) is 7.75. The van der Waals surface area contributed by atoms with E-state index >= 15 is 0 Å². The summed E-state index contributed by atoms with van der Waals surface area (Å²) in [5.74, 6) is -1.04. The van der Waals surface area contributed by atoms with Gasteiger partial charge in [0.1, 0.15) is 11.3 Å². The maximum absolute atomic E-state index is 12.2. The second-order valence-corrected chi connectivity index (χ2v) is 5.95. The number of carbonyl (C=O) groups is 2. The van der Waals surface area contributed by atoms with Crippen molar-refractivity contribution >= 4 is 52.2 Å². The van der Waals surface area contributed by atoms with E-state index in [-0.39, 0.29) is 32.6 Å². The predicted molar refractivity (Wildman–Crippen MR) is 93.5 cm³/mol. The Hall–Kier alpha value is -1.95. The van der Waals surface area contributed by atoms with Gasteiger partial charge in [0.15, 0.2) is 6.61 Å². The Bertz CT molecular complexity index is 808. The van der Waals surface area contributed by atoms with Crippen LogP contribution in [0.2, 0.25) is 15.1 Å². The largest absolute Gasteiger partial charge is 0.496 e. The summed E-state index contributed by atoms with van der Waals surface area (Å²) in [5, 5.41) is 0.751. The number of nitrogens with two attached hydrogens (primary N) is 1. The van der Waals surface area contributed by atoms with E-state index in [9.17, 15) is 9.59 Å². The first kappa shape index (κ1) is 18.4. The highest BCUT2D eigenvalue weighted by Gasteiger charge is 2.19. The Morgan fingerprint density at radius 2 is 1.75 bits per heavy atom.